The van der Waals surface area contributed by atoms with Gasteiger partial charge in [-0.2, -0.15) is 0 Å². The fourth-order valence-electron chi connectivity index (χ4n) is 2.74. The van der Waals surface area contributed by atoms with Crippen molar-refractivity contribution in [2.75, 3.05) is 13.2 Å². The molecular weight excluding hydrogens is 264 g/mol. The minimum Gasteiger partial charge on any atom is -0.396 e. The van der Waals surface area contributed by atoms with Crippen LogP contribution in [-0.2, 0) is 17.8 Å². The summed E-state index contributed by atoms with van der Waals surface area (Å²) in [5.74, 6) is 0.0709. The number of hydrogen-bond acceptors (Lipinski definition) is 3. The third-order valence-electron chi connectivity index (χ3n) is 4.15. The second-order valence-corrected chi connectivity index (χ2v) is 6.62. The molecule has 2 rings (SSSR count). The monoisotopic (exact) mass is 290 g/mol. The highest BCUT2D eigenvalue weighted by atomic mass is 16.2. The highest BCUT2D eigenvalue weighted by Crippen LogP contribution is 2.21. The number of rotatable bonds is 6. The maximum Gasteiger partial charge on any atom is 0.237 e. The molecular formula is C17H26N2O2. The molecule has 1 heterocycles. The SMILES string of the molecule is CC(C)(CCCO)CNC(=O)[C@H]1Cc2ccccc2CN1. The van der Waals surface area contributed by atoms with Gasteiger partial charge in [-0.05, 0) is 35.8 Å². The number of aliphatic hydroxyl groups excluding tert-OH is 1. The van der Waals surface area contributed by atoms with Crippen molar-refractivity contribution in [2.24, 2.45) is 5.41 Å². The first kappa shape index (κ1) is 16.0. The van der Waals surface area contributed by atoms with Gasteiger partial charge in [0.25, 0.3) is 0 Å². The zero-order valence-corrected chi connectivity index (χ0v) is 13.0. The van der Waals surface area contributed by atoms with Crippen molar-refractivity contribution in [3.05, 3.63) is 35.4 Å². The predicted molar refractivity (Wildman–Crippen MR) is 83.9 cm³/mol. The molecule has 1 aliphatic rings. The minimum absolute atomic E-state index is 0.0188. The summed E-state index contributed by atoms with van der Waals surface area (Å²) in [7, 11) is 0. The Morgan fingerprint density at radius 2 is 2.10 bits per heavy atom. The van der Waals surface area contributed by atoms with Gasteiger partial charge in [0.1, 0.15) is 0 Å². The Morgan fingerprint density at radius 1 is 1.38 bits per heavy atom. The Morgan fingerprint density at radius 3 is 2.81 bits per heavy atom. The highest BCUT2D eigenvalue weighted by Gasteiger charge is 2.25. The minimum atomic E-state index is -0.145. The lowest BCUT2D eigenvalue weighted by Crippen LogP contribution is -2.49. The number of carbonyl (C=O) groups excluding carboxylic acids is 1. The number of hydrogen-bond donors (Lipinski definition) is 3. The van der Waals surface area contributed by atoms with Crippen LogP contribution in [0.15, 0.2) is 24.3 Å². The highest BCUT2D eigenvalue weighted by molar-refractivity contribution is 5.82. The lowest BCUT2D eigenvalue weighted by atomic mass is 9.87. The van der Waals surface area contributed by atoms with Crippen molar-refractivity contribution in [3.8, 4) is 0 Å². The van der Waals surface area contributed by atoms with Crippen molar-refractivity contribution in [1.29, 1.82) is 0 Å². The normalized spacial score (nSPS) is 18.1. The molecule has 0 aliphatic carbocycles. The van der Waals surface area contributed by atoms with Crippen LogP contribution in [0.3, 0.4) is 0 Å². The molecule has 0 aromatic heterocycles. The van der Waals surface area contributed by atoms with Gasteiger partial charge in [0, 0.05) is 19.7 Å². The van der Waals surface area contributed by atoms with E-state index in [4.69, 9.17) is 5.11 Å². The van der Waals surface area contributed by atoms with Crippen molar-refractivity contribution < 1.29 is 9.90 Å². The van der Waals surface area contributed by atoms with E-state index in [2.05, 4.69) is 36.6 Å². The van der Waals surface area contributed by atoms with Gasteiger partial charge in [-0.25, -0.2) is 0 Å². The molecule has 0 radical (unpaired) electrons. The first-order chi connectivity index (χ1) is 10.0. The molecule has 21 heavy (non-hydrogen) atoms. The fraction of sp³-hybridized carbons (Fsp3) is 0.588. The van der Waals surface area contributed by atoms with E-state index in [0.717, 1.165) is 25.8 Å². The molecule has 0 saturated carbocycles. The van der Waals surface area contributed by atoms with Gasteiger partial charge < -0.3 is 15.7 Å². The van der Waals surface area contributed by atoms with E-state index < -0.39 is 0 Å². The maximum absolute atomic E-state index is 12.3. The Labute approximate surface area is 126 Å². The number of benzene rings is 1. The lowest BCUT2D eigenvalue weighted by molar-refractivity contribution is -0.123. The molecule has 0 bridgehead atoms. The van der Waals surface area contributed by atoms with E-state index in [1.54, 1.807) is 0 Å². The molecule has 3 N–H and O–H groups in total. The third kappa shape index (κ3) is 4.55. The first-order valence-corrected chi connectivity index (χ1v) is 7.70. The second kappa shape index (κ2) is 7.05. The fourth-order valence-corrected chi connectivity index (χ4v) is 2.74. The van der Waals surface area contributed by atoms with Gasteiger partial charge in [-0.1, -0.05) is 38.1 Å². The number of fused-ring (bicyclic) bond motifs is 1. The maximum atomic E-state index is 12.3. The molecule has 116 valence electrons. The summed E-state index contributed by atoms with van der Waals surface area (Å²) in [4.78, 5) is 12.3. The summed E-state index contributed by atoms with van der Waals surface area (Å²) in [6.07, 6.45) is 2.43. The van der Waals surface area contributed by atoms with Crippen LogP contribution in [0.4, 0.5) is 0 Å². The van der Waals surface area contributed by atoms with Crippen LogP contribution in [0, 0.1) is 5.41 Å². The van der Waals surface area contributed by atoms with E-state index in [1.807, 2.05) is 12.1 Å². The summed E-state index contributed by atoms with van der Waals surface area (Å²) in [5, 5.41) is 15.3. The van der Waals surface area contributed by atoms with Crippen LogP contribution in [0.1, 0.15) is 37.8 Å². The number of carbonyl (C=O) groups is 1. The van der Waals surface area contributed by atoms with Crippen molar-refractivity contribution in [1.82, 2.24) is 10.6 Å². The van der Waals surface area contributed by atoms with Crippen LogP contribution in [-0.4, -0.2) is 30.2 Å². The molecule has 0 spiro atoms. The van der Waals surface area contributed by atoms with Gasteiger partial charge in [-0.15, -0.1) is 0 Å². The van der Waals surface area contributed by atoms with Crippen molar-refractivity contribution in [3.63, 3.8) is 0 Å². The number of amides is 1. The van der Waals surface area contributed by atoms with Gasteiger partial charge >= 0.3 is 0 Å². The molecule has 1 aliphatic heterocycles. The largest absolute Gasteiger partial charge is 0.396 e. The summed E-state index contributed by atoms with van der Waals surface area (Å²) in [6, 6.07) is 8.12. The van der Waals surface area contributed by atoms with Gasteiger partial charge in [-0.3, -0.25) is 4.79 Å². The molecule has 0 fully saturated rings. The number of nitrogens with one attached hydrogen (secondary N) is 2. The molecule has 0 unspecified atom stereocenters. The van der Waals surface area contributed by atoms with Crippen LogP contribution in [0.2, 0.25) is 0 Å². The van der Waals surface area contributed by atoms with E-state index in [-0.39, 0.29) is 24.0 Å². The molecule has 1 aromatic carbocycles. The average Bonchev–Trinajstić information content (AvgIpc) is 2.50. The van der Waals surface area contributed by atoms with Crippen LogP contribution < -0.4 is 10.6 Å². The quantitative estimate of drug-likeness (QED) is 0.746. The first-order valence-electron chi connectivity index (χ1n) is 7.70. The lowest BCUT2D eigenvalue weighted by Gasteiger charge is -2.28. The van der Waals surface area contributed by atoms with Crippen LogP contribution in [0.25, 0.3) is 0 Å². The Hall–Kier alpha value is -1.39. The van der Waals surface area contributed by atoms with Crippen molar-refractivity contribution in [2.45, 2.75) is 45.7 Å². The van der Waals surface area contributed by atoms with Gasteiger partial charge in [0.15, 0.2) is 0 Å². The van der Waals surface area contributed by atoms with E-state index in [9.17, 15) is 4.79 Å². The summed E-state index contributed by atoms with van der Waals surface area (Å²) in [6.45, 7) is 5.84. The summed E-state index contributed by atoms with van der Waals surface area (Å²) < 4.78 is 0. The Balaban J connectivity index is 1.85. The molecule has 1 aromatic rings. The zero-order chi connectivity index (χ0) is 15.3. The van der Waals surface area contributed by atoms with Crippen LogP contribution in [0.5, 0.6) is 0 Å². The molecule has 0 saturated heterocycles. The summed E-state index contributed by atoms with van der Waals surface area (Å²) in [5.41, 5.74) is 2.56. The number of aliphatic hydroxyl groups is 1. The predicted octanol–water partition coefficient (Wildman–Crippen LogP) is 1.62. The molecule has 4 heteroatoms. The molecule has 1 amide bonds. The van der Waals surface area contributed by atoms with Gasteiger partial charge in [0.2, 0.25) is 5.91 Å². The molecule has 1 atom stereocenters. The van der Waals surface area contributed by atoms with E-state index >= 15 is 0 Å². The third-order valence-corrected chi connectivity index (χ3v) is 4.15. The average molecular weight is 290 g/mol. The zero-order valence-electron chi connectivity index (χ0n) is 13.0. The summed E-state index contributed by atoms with van der Waals surface area (Å²) >= 11 is 0. The second-order valence-electron chi connectivity index (χ2n) is 6.62. The van der Waals surface area contributed by atoms with Crippen molar-refractivity contribution >= 4 is 5.91 Å². The van der Waals surface area contributed by atoms with E-state index in [0.29, 0.717) is 6.54 Å². The Bertz CT molecular complexity index is 485. The van der Waals surface area contributed by atoms with E-state index in [1.165, 1.54) is 11.1 Å². The van der Waals surface area contributed by atoms with Crippen LogP contribution >= 0.6 is 0 Å². The molecule has 4 nitrogen and oxygen atoms in total. The Kier molecular flexibility index (Phi) is 5.37. The standard InChI is InChI=1S/C17H26N2O2/c1-17(2,8-5-9-20)12-19-16(21)15-10-13-6-3-4-7-14(13)11-18-15/h3-4,6-7,15,18,20H,5,8-12H2,1-2H3,(H,19,21)/t15-/m1/s1. The smallest absolute Gasteiger partial charge is 0.237 e. The topological polar surface area (TPSA) is 61.4 Å². The van der Waals surface area contributed by atoms with Gasteiger partial charge in [0.05, 0.1) is 6.04 Å².